The van der Waals surface area contributed by atoms with E-state index in [1.807, 2.05) is 0 Å². The molecule has 1 amide bonds. The van der Waals surface area contributed by atoms with Crippen molar-refractivity contribution in [2.45, 2.75) is 18.9 Å². The third kappa shape index (κ3) is 2.51. The molecule has 0 spiro atoms. The number of aromatic carboxylic acids is 1. The Hall–Kier alpha value is -1.88. The summed E-state index contributed by atoms with van der Waals surface area (Å²) >= 11 is 0. The largest absolute Gasteiger partial charge is 0.478 e. The summed E-state index contributed by atoms with van der Waals surface area (Å²) in [6.07, 6.45) is 1.87. The van der Waals surface area contributed by atoms with Crippen LogP contribution in [0, 0.1) is 0 Å². The highest BCUT2D eigenvalue weighted by Gasteiger charge is 2.25. The van der Waals surface area contributed by atoms with Crippen LogP contribution in [0.2, 0.25) is 0 Å². The summed E-state index contributed by atoms with van der Waals surface area (Å²) in [7, 11) is 1.71. The molecule has 0 saturated carbocycles. The number of likely N-dealkylation sites (N-methyl/N-ethyl adjacent to an activating group) is 1. The van der Waals surface area contributed by atoms with Crippen LogP contribution in [0.25, 0.3) is 0 Å². The Morgan fingerprint density at radius 1 is 1.33 bits per heavy atom. The van der Waals surface area contributed by atoms with Gasteiger partial charge in [0.05, 0.1) is 11.6 Å². The van der Waals surface area contributed by atoms with Crippen molar-refractivity contribution in [3.63, 3.8) is 0 Å². The zero-order chi connectivity index (χ0) is 13.1. The summed E-state index contributed by atoms with van der Waals surface area (Å²) in [6.45, 7) is 0.877. The molecular weight excluding hydrogens is 232 g/mol. The molecule has 1 aromatic rings. The lowest BCUT2D eigenvalue weighted by Gasteiger charge is -2.21. The van der Waals surface area contributed by atoms with Crippen LogP contribution in [0.3, 0.4) is 0 Å². The molecular formula is C13H16N2O3. The molecule has 5 nitrogen and oxygen atoms in total. The molecule has 1 saturated heterocycles. The summed E-state index contributed by atoms with van der Waals surface area (Å²) in [5.74, 6) is -0.941. The predicted octanol–water partition coefficient (Wildman–Crippen LogP) is 1.10. The van der Waals surface area contributed by atoms with Crippen LogP contribution in [-0.2, 0) is 4.79 Å². The lowest BCUT2D eigenvalue weighted by atomic mass is 10.1. The van der Waals surface area contributed by atoms with E-state index >= 15 is 0 Å². The number of carbonyl (C=O) groups excluding carboxylic acids is 1. The van der Waals surface area contributed by atoms with E-state index in [2.05, 4.69) is 5.32 Å². The molecule has 1 atom stereocenters. The van der Waals surface area contributed by atoms with Crippen molar-refractivity contribution in [3.05, 3.63) is 29.8 Å². The van der Waals surface area contributed by atoms with Gasteiger partial charge in [-0.25, -0.2) is 4.79 Å². The first-order valence-electron chi connectivity index (χ1n) is 5.94. The molecule has 0 radical (unpaired) electrons. The smallest absolute Gasteiger partial charge is 0.335 e. The van der Waals surface area contributed by atoms with E-state index < -0.39 is 5.97 Å². The summed E-state index contributed by atoms with van der Waals surface area (Å²) in [6, 6.07) is 6.19. The summed E-state index contributed by atoms with van der Waals surface area (Å²) in [5, 5.41) is 12.0. The number of carboxylic acid groups (broad SMARTS) is 1. The fourth-order valence-corrected chi connectivity index (χ4v) is 2.08. The van der Waals surface area contributed by atoms with Crippen LogP contribution in [-0.4, -0.2) is 36.6 Å². The number of benzene rings is 1. The Morgan fingerprint density at radius 2 is 2.00 bits per heavy atom. The second-order valence-electron chi connectivity index (χ2n) is 4.40. The van der Waals surface area contributed by atoms with Crippen LogP contribution in [0.4, 0.5) is 5.69 Å². The molecule has 0 aromatic heterocycles. The van der Waals surface area contributed by atoms with Gasteiger partial charge >= 0.3 is 5.97 Å². The normalized spacial score (nSPS) is 18.6. The first kappa shape index (κ1) is 12.6. The Balaban J connectivity index is 2.10. The maximum absolute atomic E-state index is 12.1. The Bertz CT molecular complexity index is 450. The van der Waals surface area contributed by atoms with E-state index in [9.17, 15) is 9.59 Å². The SMILES string of the molecule is CN(C(=O)[C@@H]1CCCN1)c1ccc(C(=O)O)cc1. The summed E-state index contributed by atoms with van der Waals surface area (Å²) < 4.78 is 0. The highest BCUT2D eigenvalue weighted by molar-refractivity contribution is 5.97. The molecule has 0 aliphatic carbocycles. The molecule has 0 unspecified atom stereocenters. The highest BCUT2D eigenvalue weighted by atomic mass is 16.4. The predicted molar refractivity (Wildman–Crippen MR) is 67.8 cm³/mol. The number of carbonyl (C=O) groups is 2. The first-order chi connectivity index (χ1) is 8.59. The van der Waals surface area contributed by atoms with Crippen molar-refractivity contribution in [1.29, 1.82) is 0 Å². The van der Waals surface area contributed by atoms with Crippen LogP contribution >= 0.6 is 0 Å². The van der Waals surface area contributed by atoms with E-state index in [-0.39, 0.29) is 17.5 Å². The van der Waals surface area contributed by atoms with Gasteiger partial charge in [0.25, 0.3) is 0 Å². The Kier molecular flexibility index (Phi) is 3.62. The minimum Gasteiger partial charge on any atom is -0.478 e. The van der Waals surface area contributed by atoms with E-state index in [1.54, 1.807) is 24.1 Å². The van der Waals surface area contributed by atoms with Gasteiger partial charge in [-0.05, 0) is 43.7 Å². The Labute approximate surface area is 105 Å². The topological polar surface area (TPSA) is 69.6 Å². The fraction of sp³-hybridized carbons (Fsp3) is 0.385. The van der Waals surface area contributed by atoms with Gasteiger partial charge < -0.3 is 15.3 Å². The van der Waals surface area contributed by atoms with Gasteiger partial charge in [-0.3, -0.25) is 4.79 Å². The van der Waals surface area contributed by atoms with E-state index in [0.717, 1.165) is 19.4 Å². The van der Waals surface area contributed by atoms with Gasteiger partial charge in [-0.1, -0.05) is 0 Å². The summed E-state index contributed by atoms with van der Waals surface area (Å²) in [5.41, 5.74) is 0.928. The molecule has 0 bridgehead atoms. The number of hydrogen-bond acceptors (Lipinski definition) is 3. The standard InChI is InChI=1S/C13H16N2O3/c1-15(12(16)11-3-2-8-14-11)10-6-4-9(5-7-10)13(17)18/h4-7,11,14H,2-3,8H2,1H3,(H,17,18)/t11-/m0/s1. The highest BCUT2D eigenvalue weighted by Crippen LogP contribution is 2.17. The van der Waals surface area contributed by atoms with Crippen molar-refractivity contribution in [2.75, 3.05) is 18.5 Å². The lowest BCUT2D eigenvalue weighted by molar-refractivity contribution is -0.119. The molecule has 1 heterocycles. The molecule has 2 N–H and O–H groups in total. The second kappa shape index (κ2) is 5.18. The average molecular weight is 248 g/mol. The molecule has 1 aliphatic rings. The molecule has 1 aromatic carbocycles. The van der Waals surface area contributed by atoms with Crippen LogP contribution in [0.1, 0.15) is 23.2 Å². The summed E-state index contributed by atoms with van der Waals surface area (Å²) in [4.78, 5) is 24.4. The molecule has 96 valence electrons. The molecule has 2 rings (SSSR count). The van der Waals surface area contributed by atoms with Crippen molar-refractivity contribution in [2.24, 2.45) is 0 Å². The van der Waals surface area contributed by atoms with Gasteiger partial charge in [0.1, 0.15) is 0 Å². The van der Waals surface area contributed by atoms with Crippen molar-refractivity contribution >= 4 is 17.6 Å². The zero-order valence-electron chi connectivity index (χ0n) is 10.2. The van der Waals surface area contributed by atoms with Gasteiger partial charge in [0, 0.05) is 12.7 Å². The van der Waals surface area contributed by atoms with E-state index in [1.165, 1.54) is 12.1 Å². The number of rotatable bonds is 3. The van der Waals surface area contributed by atoms with E-state index in [0.29, 0.717) is 5.69 Å². The number of hydrogen-bond donors (Lipinski definition) is 2. The maximum atomic E-state index is 12.1. The second-order valence-corrected chi connectivity index (χ2v) is 4.40. The molecule has 5 heteroatoms. The van der Waals surface area contributed by atoms with Gasteiger partial charge in [-0.2, -0.15) is 0 Å². The van der Waals surface area contributed by atoms with Crippen LogP contribution in [0.5, 0.6) is 0 Å². The maximum Gasteiger partial charge on any atom is 0.335 e. The zero-order valence-corrected chi connectivity index (χ0v) is 10.2. The van der Waals surface area contributed by atoms with Gasteiger partial charge in [-0.15, -0.1) is 0 Å². The van der Waals surface area contributed by atoms with Crippen molar-refractivity contribution in [3.8, 4) is 0 Å². The quantitative estimate of drug-likeness (QED) is 0.840. The number of anilines is 1. The first-order valence-corrected chi connectivity index (χ1v) is 5.94. The Morgan fingerprint density at radius 3 is 2.50 bits per heavy atom. The van der Waals surface area contributed by atoms with Crippen LogP contribution < -0.4 is 10.2 Å². The monoisotopic (exact) mass is 248 g/mol. The molecule has 1 fully saturated rings. The third-order valence-electron chi connectivity index (χ3n) is 3.19. The average Bonchev–Trinajstić information content (AvgIpc) is 2.91. The third-order valence-corrected chi connectivity index (χ3v) is 3.19. The molecule has 18 heavy (non-hydrogen) atoms. The van der Waals surface area contributed by atoms with Crippen molar-refractivity contribution < 1.29 is 14.7 Å². The fourth-order valence-electron chi connectivity index (χ4n) is 2.08. The molecule has 1 aliphatic heterocycles. The lowest BCUT2D eigenvalue weighted by Crippen LogP contribution is -2.41. The number of nitrogens with one attached hydrogen (secondary N) is 1. The number of amides is 1. The van der Waals surface area contributed by atoms with Crippen molar-refractivity contribution in [1.82, 2.24) is 5.32 Å². The van der Waals surface area contributed by atoms with E-state index in [4.69, 9.17) is 5.11 Å². The van der Waals surface area contributed by atoms with Gasteiger partial charge in [0.2, 0.25) is 5.91 Å². The number of nitrogens with zero attached hydrogens (tertiary/aromatic N) is 1. The van der Waals surface area contributed by atoms with Crippen LogP contribution in [0.15, 0.2) is 24.3 Å². The minimum atomic E-state index is -0.965. The van der Waals surface area contributed by atoms with Gasteiger partial charge in [0.15, 0.2) is 0 Å². The number of carboxylic acids is 1. The minimum absolute atomic E-state index is 0.0237.